The van der Waals surface area contributed by atoms with E-state index < -0.39 is 21.4 Å². The van der Waals surface area contributed by atoms with Crippen molar-refractivity contribution in [1.82, 2.24) is 0 Å². The number of hydrogen-bond acceptors (Lipinski definition) is 3. The lowest BCUT2D eigenvalue weighted by Crippen LogP contribution is -2.28. The van der Waals surface area contributed by atoms with Crippen molar-refractivity contribution in [1.29, 1.82) is 0 Å². The quantitative estimate of drug-likeness (QED) is 0.478. The van der Waals surface area contributed by atoms with Crippen molar-refractivity contribution in [3.63, 3.8) is 0 Å². The first-order chi connectivity index (χ1) is 8.79. The van der Waals surface area contributed by atoms with E-state index in [0.717, 1.165) is 36.8 Å². The van der Waals surface area contributed by atoms with Gasteiger partial charge in [0.1, 0.15) is 0 Å². The highest BCUT2D eigenvalue weighted by Crippen LogP contribution is 2.28. The molecule has 0 radical (unpaired) electrons. The molecule has 0 saturated carbocycles. The molecule has 0 fully saturated rings. The topological polar surface area (TPSA) is 43.4 Å². The zero-order chi connectivity index (χ0) is 14.1. The van der Waals surface area contributed by atoms with Crippen LogP contribution in [0.2, 0.25) is 0 Å². The van der Waals surface area contributed by atoms with Crippen LogP contribution in [0.5, 0.6) is 5.75 Å². The summed E-state index contributed by atoms with van der Waals surface area (Å²) in [5, 5.41) is 0. The molecule has 104 valence electrons. The standard InChI is InChI=1S/C12H11F3O3S/c13-12(14,15)19(16,17)18-11-7-6-9-4-2-1-3-5-10(9)8-11/h8H,1-5H2. The maximum absolute atomic E-state index is 12.2. The van der Waals surface area contributed by atoms with Crippen molar-refractivity contribution >= 4 is 10.1 Å². The van der Waals surface area contributed by atoms with Crippen molar-refractivity contribution in [3.05, 3.63) is 29.3 Å². The van der Waals surface area contributed by atoms with Gasteiger partial charge in [-0.25, -0.2) is 0 Å². The van der Waals surface area contributed by atoms with Crippen LogP contribution in [0.1, 0.15) is 30.4 Å². The van der Waals surface area contributed by atoms with Crippen LogP contribution in [-0.2, 0) is 23.0 Å². The zero-order valence-corrected chi connectivity index (χ0v) is 10.7. The third kappa shape index (κ3) is 3.13. The first-order valence-electron chi connectivity index (χ1n) is 5.76. The summed E-state index contributed by atoms with van der Waals surface area (Å²) < 4.78 is 62.3. The van der Waals surface area contributed by atoms with E-state index in [9.17, 15) is 21.6 Å². The molecule has 0 spiro atoms. The van der Waals surface area contributed by atoms with E-state index in [1.165, 1.54) is 6.07 Å². The summed E-state index contributed by atoms with van der Waals surface area (Å²) >= 11 is 0. The Morgan fingerprint density at radius 3 is 2.47 bits per heavy atom. The van der Waals surface area contributed by atoms with Gasteiger partial charge in [-0.05, 0) is 43.4 Å². The molecule has 0 aromatic heterocycles. The van der Waals surface area contributed by atoms with Crippen LogP contribution in [0, 0.1) is 12.1 Å². The van der Waals surface area contributed by atoms with Gasteiger partial charge in [0.15, 0.2) is 5.75 Å². The first-order valence-corrected chi connectivity index (χ1v) is 7.17. The number of alkyl halides is 3. The van der Waals surface area contributed by atoms with Gasteiger partial charge in [0.25, 0.3) is 0 Å². The van der Waals surface area contributed by atoms with Crippen LogP contribution >= 0.6 is 0 Å². The number of aryl methyl sites for hydroxylation is 1. The molecule has 0 aliphatic heterocycles. The summed E-state index contributed by atoms with van der Waals surface area (Å²) in [6.45, 7) is 0. The average Bonchev–Trinajstić information content (AvgIpc) is 2.51. The third-order valence-corrected chi connectivity index (χ3v) is 3.85. The van der Waals surface area contributed by atoms with Gasteiger partial charge < -0.3 is 4.18 Å². The first kappa shape index (κ1) is 14.0. The van der Waals surface area contributed by atoms with E-state index in [1.807, 2.05) is 0 Å². The van der Waals surface area contributed by atoms with Crippen LogP contribution in [0.3, 0.4) is 0 Å². The molecule has 1 aromatic carbocycles. The fourth-order valence-corrected chi connectivity index (χ4v) is 2.37. The SMILES string of the molecule is O=S(=O)(Oc1c#cc2c(c1)CCCCC2)C(F)(F)F. The van der Waals surface area contributed by atoms with Gasteiger partial charge in [-0.15, -0.1) is 0 Å². The van der Waals surface area contributed by atoms with E-state index >= 15 is 0 Å². The van der Waals surface area contributed by atoms with Crippen LogP contribution in [-0.4, -0.2) is 13.9 Å². The van der Waals surface area contributed by atoms with Crippen LogP contribution in [0.25, 0.3) is 0 Å². The largest absolute Gasteiger partial charge is 0.534 e. The Hall–Kier alpha value is -1.42. The highest BCUT2D eigenvalue weighted by molar-refractivity contribution is 7.87. The summed E-state index contributed by atoms with van der Waals surface area (Å²) in [4.78, 5) is 0. The zero-order valence-electron chi connectivity index (χ0n) is 9.88. The second-order valence-electron chi connectivity index (χ2n) is 4.31. The normalized spacial score (nSPS) is 16.2. The Morgan fingerprint density at radius 2 is 1.79 bits per heavy atom. The molecule has 1 aromatic rings. The second-order valence-corrected chi connectivity index (χ2v) is 5.84. The van der Waals surface area contributed by atoms with E-state index in [4.69, 9.17) is 0 Å². The molecular weight excluding hydrogens is 281 g/mol. The van der Waals surface area contributed by atoms with Gasteiger partial charge in [0.05, 0.1) is 0 Å². The van der Waals surface area contributed by atoms with Gasteiger partial charge >= 0.3 is 15.6 Å². The monoisotopic (exact) mass is 292 g/mol. The smallest absolute Gasteiger partial charge is 0.367 e. The molecule has 0 N–H and O–H groups in total. The number of halogens is 3. The van der Waals surface area contributed by atoms with E-state index in [2.05, 4.69) is 16.3 Å². The van der Waals surface area contributed by atoms with Gasteiger partial charge in [-0.2, -0.15) is 21.6 Å². The van der Waals surface area contributed by atoms with Crippen molar-refractivity contribution in [3.8, 4) is 5.75 Å². The number of hydrogen-bond donors (Lipinski definition) is 0. The van der Waals surface area contributed by atoms with E-state index in [1.54, 1.807) is 0 Å². The highest BCUT2D eigenvalue weighted by atomic mass is 32.2. The molecule has 1 aliphatic carbocycles. The Labute approximate surface area is 109 Å². The van der Waals surface area contributed by atoms with Gasteiger partial charge in [-0.3, -0.25) is 0 Å². The van der Waals surface area contributed by atoms with Crippen LogP contribution in [0.4, 0.5) is 13.2 Å². The minimum Gasteiger partial charge on any atom is -0.367 e. The van der Waals surface area contributed by atoms with E-state index in [0.29, 0.717) is 6.42 Å². The molecule has 0 saturated heterocycles. The lowest BCUT2D eigenvalue weighted by atomic mass is 10.1. The molecule has 0 bridgehead atoms. The summed E-state index contributed by atoms with van der Waals surface area (Å²) in [7, 11) is -5.64. The molecule has 0 unspecified atom stereocenters. The molecule has 3 nitrogen and oxygen atoms in total. The predicted molar refractivity (Wildman–Crippen MR) is 61.0 cm³/mol. The third-order valence-electron chi connectivity index (χ3n) is 2.89. The highest BCUT2D eigenvalue weighted by Gasteiger charge is 2.48. The minimum absolute atomic E-state index is 0.460. The maximum Gasteiger partial charge on any atom is 0.534 e. The summed E-state index contributed by atoms with van der Waals surface area (Å²) in [6, 6.07) is 6.32. The summed E-state index contributed by atoms with van der Waals surface area (Å²) in [5.41, 5.74) is -3.79. The molecular formula is C12H11F3O3S. The van der Waals surface area contributed by atoms with Crippen LogP contribution in [0.15, 0.2) is 6.07 Å². The van der Waals surface area contributed by atoms with Crippen molar-refractivity contribution in [2.75, 3.05) is 0 Å². The van der Waals surface area contributed by atoms with Gasteiger partial charge in [-0.1, -0.05) is 12.5 Å². The summed E-state index contributed by atoms with van der Waals surface area (Å²) in [5.74, 6) is -0.460. The predicted octanol–water partition coefficient (Wildman–Crippen LogP) is 2.78. The Morgan fingerprint density at radius 1 is 1.11 bits per heavy atom. The molecule has 2 rings (SSSR count). The summed E-state index contributed by atoms with van der Waals surface area (Å²) in [6.07, 6.45) is 4.38. The Kier molecular flexibility index (Phi) is 3.63. The Balaban J connectivity index is 2.26. The van der Waals surface area contributed by atoms with Gasteiger partial charge in [0.2, 0.25) is 0 Å². The van der Waals surface area contributed by atoms with E-state index in [-0.39, 0.29) is 0 Å². The lowest BCUT2D eigenvalue weighted by molar-refractivity contribution is -0.0500. The molecule has 7 heteroatoms. The maximum atomic E-state index is 12.2. The fourth-order valence-electron chi connectivity index (χ4n) is 1.95. The van der Waals surface area contributed by atoms with Crippen molar-refractivity contribution in [2.24, 2.45) is 0 Å². The van der Waals surface area contributed by atoms with Crippen molar-refractivity contribution in [2.45, 2.75) is 37.6 Å². The molecule has 0 heterocycles. The lowest BCUT2D eigenvalue weighted by Gasteiger charge is -2.09. The molecule has 19 heavy (non-hydrogen) atoms. The fraction of sp³-hybridized carbons (Fsp3) is 0.500. The van der Waals surface area contributed by atoms with Crippen LogP contribution < -0.4 is 4.18 Å². The van der Waals surface area contributed by atoms with Crippen molar-refractivity contribution < 1.29 is 25.8 Å². The van der Waals surface area contributed by atoms with Gasteiger partial charge in [0, 0.05) is 5.56 Å². The minimum atomic E-state index is -5.64. The molecule has 0 amide bonds. The average molecular weight is 292 g/mol. The number of fused-ring (bicyclic) bond motifs is 1. The second kappa shape index (κ2) is 4.93. The molecule has 0 atom stereocenters. The number of rotatable bonds is 2. The Bertz CT molecular complexity index is 564. The molecule has 1 aliphatic rings.